The average Bonchev–Trinajstić information content (AvgIpc) is 3.61. The van der Waals surface area contributed by atoms with Crippen LogP contribution in [0.5, 0.6) is 0 Å². The van der Waals surface area contributed by atoms with E-state index in [1.54, 1.807) is 29.4 Å². The summed E-state index contributed by atoms with van der Waals surface area (Å²) < 4.78 is 58.2. The van der Waals surface area contributed by atoms with Crippen molar-refractivity contribution in [3.8, 4) is 0 Å². The Morgan fingerprint density at radius 2 is 1.60 bits per heavy atom. The number of aromatic nitrogens is 3. The van der Waals surface area contributed by atoms with E-state index in [1.165, 1.54) is 18.2 Å². The summed E-state index contributed by atoms with van der Waals surface area (Å²) >= 11 is 0. The molecule has 6 amide bonds. The van der Waals surface area contributed by atoms with Gasteiger partial charge in [0.05, 0.1) is 33.6 Å². The van der Waals surface area contributed by atoms with Gasteiger partial charge in [-0.2, -0.15) is 13.2 Å². The van der Waals surface area contributed by atoms with Crippen LogP contribution in [0.1, 0.15) is 92.9 Å². The first-order valence-electron chi connectivity index (χ1n) is 23.8. The number of piperidine rings is 1. The summed E-state index contributed by atoms with van der Waals surface area (Å²) in [6, 6.07) is 7.01. The van der Waals surface area contributed by atoms with Crippen LogP contribution in [-0.2, 0) is 33.5 Å². The molecule has 5 aliphatic heterocycles. The molecular weight excluding hydrogens is 943 g/mol. The van der Waals surface area contributed by atoms with Crippen molar-refractivity contribution in [1.82, 2.24) is 39.9 Å². The molecule has 0 saturated carbocycles. The molecule has 2 aromatic heterocycles. The van der Waals surface area contributed by atoms with Crippen molar-refractivity contribution >= 4 is 58.3 Å². The summed E-state index contributed by atoms with van der Waals surface area (Å²) in [7, 11) is 1.98. The standard InChI is InChI=1S/C50H53F4N11O7/c1-28-25-64(26-29(2)60(28)3)40-21-37(51)34(19-38(40)58-45(69)35-24-55-42(67)20-36(35)50(52,53)54)31-11-13-63(14-12-31)49-56-22-30(23-57-49)27-61-15-17-62(18-16-61)43(68)10-7-32-5-4-6-33-44(32)48(72)65(47(33)71)39-8-9-41(66)59-46(39)70/h4-6,11,19-24,28-29,39H,7-10,12-18,25-27H2,1-3H3,(H,55,67)(H,58,69)(H,59,66,70)/t28-,29+,39?. The number of nitrogens with zero attached hydrogens (tertiary/aromatic N) is 8. The van der Waals surface area contributed by atoms with Gasteiger partial charge in [-0.15, -0.1) is 0 Å². The van der Waals surface area contributed by atoms with E-state index in [2.05, 4.69) is 35.4 Å². The number of imide groups is 2. The second-order valence-corrected chi connectivity index (χ2v) is 19.0. The van der Waals surface area contributed by atoms with Crippen LogP contribution in [0.15, 0.2) is 65.9 Å². The molecule has 0 radical (unpaired) electrons. The minimum atomic E-state index is -4.98. The molecule has 72 heavy (non-hydrogen) atoms. The highest BCUT2D eigenvalue weighted by atomic mass is 19.4. The van der Waals surface area contributed by atoms with Crippen molar-refractivity contribution in [2.75, 3.05) is 74.5 Å². The van der Waals surface area contributed by atoms with Gasteiger partial charge < -0.3 is 25.0 Å². The van der Waals surface area contributed by atoms with Crippen molar-refractivity contribution in [3.63, 3.8) is 0 Å². The molecule has 378 valence electrons. The van der Waals surface area contributed by atoms with Gasteiger partial charge in [0.25, 0.3) is 17.7 Å². The lowest BCUT2D eigenvalue weighted by Crippen LogP contribution is -2.55. The first-order valence-corrected chi connectivity index (χ1v) is 23.8. The number of amides is 6. The van der Waals surface area contributed by atoms with Crippen molar-refractivity contribution < 1.29 is 46.3 Å². The van der Waals surface area contributed by atoms with Gasteiger partial charge in [-0.3, -0.25) is 53.6 Å². The number of halogens is 4. The predicted octanol–water partition coefficient (Wildman–Crippen LogP) is 4.08. The number of benzene rings is 2. The molecule has 0 aliphatic carbocycles. The summed E-state index contributed by atoms with van der Waals surface area (Å²) in [6.07, 6.45) is 1.83. The highest BCUT2D eigenvalue weighted by molar-refractivity contribution is 6.24. The van der Waals surface area contributed by atoms with Crippen molar-refractivity contribution in [3.05, 3.63) is 116 Å². The van der Waals surface area contributed by atoms with Crippen molar-refractivity contribution in [1.29, 1.82) is 0 Å². The number of carbonyl (C=O) groups excluding carboxylic acids is 6. The molecule has 3 N–H and O–H groups in total. The van der Waals surface area contributed by atoms with Crippen LogP contribution in [0.3, 0.4) is 0 Å². The first-order chi connectivity index (χ1) is 34.3. The van der Waals surface area contributed by atoms with E-state index < -0.39 is 64.3 Å². The second-order valence-electron chi connectivity index (χ2n) is 19.0. The SMILES string of the molecule is C[C@@H]1CN(c2cc(F)c(C3=CCN(c4ncc(CN5CCN(C(=O)CCc6cccc7c6C(=O)N(C6CCC(=O)NC6=O)C7=O)CC5)cn4)CC3)cc2NC(=O)c2c[nH]c(=O)cc2C(F)(F)F)C[C@H](C)N1C. The van der Waals surface area contributed by atoms with Crippen LogP contribution >= 0.6 is 0 Å². The number of piperazine rings is 2. The Hall–Kier alpha value is -7.33. The Labute approximate surface area is 411 Å². The molecule has 7 heterocycles. The molecule has 5 aliphatic rings. The highest BCUT2D eigenvalue weighted by Crippen LogP contribution is 2.38. The average molecular weight is 996 g/mol. The molecule has 0 bridgehead atoms. The summed E-state index contributed by atoms with van der Waals surface area (Å²) in [5.41, 5.74) is -0.154. The third-order valence-electron chi connectivity index (χ3n) is 14.3. The minimum absolute atomic E-state index is 0.0162. The van der Waals surface area contributed by atoms with E-state index in [0.29, 0.717) is 94.2 Å². The summed E-state index contributed by atoms with van der Waals surface area (Å²) in [4.78, 5) is 112. The molecule has 9 rings (SSSR count). The quantitative estimate of drug-likeness (QED) is 0.143. The number of nitrogens with one attached hydrogen (secondary N) is 3. The predicted molar refractivity (Wildman–Crippen MR) is 255 cm³/mol. The van der Waals surface area contributed by atoms with E-state index in [4.69, 9.17) is 0 Å². The van der Waals surface area contributed by atoms with Gasteiger partial charge in [0.15, 0.2) is 0 Å². The monoisotopic (exact) mass is 995 g/mol. The fraction of sp³-hybridized carbons (Fsp3) is 0.420. The number of alkyl halides is 3. The number of aryl methyl sites for hydroxylation is 1. The van der Waals surface area contributed by atoms with Gasteiger partial charge >= 0.3 is 6.18 Å². The van der Waals surface area contributed by atoms with Gasteiger partial charge in [0.2, 0.25) is 29.2 Å². The molecule has 2 aromatic carbocycles. The van der Waals surface area contributed by atoms with Crippen LogP contribution in [0, 0.1) is 5.82 Å². The number of hydrogen-bond acceptors (Lipinski definition) is 13. The molecule has 22 heteroatoms. The maximum atomic E-state index is 16.2. The first kappa shape index (κ1) is 49.6. The van der Waals surface area contributed by atoms with E-state index in [9.17, 15) is 46.7 Å². The van der Waals surface area contributed by atoms with Crippen LogP contribution in [0.2, 0.25) is 0 Å². The van der Waals surface area contributed by atoms with E-state index in [0.717, 1.165) is 16.7 Å². The molecular formula is C50H53F4N11O7. The molecule has 0 spiro atoms. The van der Waals surface area contributed by atoms with Crippen molar-refractivity contribution in [2.45, 2.75) is 76.8 Å². The number of pyridine rings is 1. The number of likely N-dealkylation sites (N-methyl/N-ethyl adjacent to an activating group) is 1. The number of carbonyl (C=O) groups is 6. The topological polar surface area (TPSA) is 205 Å². The Morgan fingerprint density at radius 1 is 0.875 bits per heavy atom. The molecule has 18 nitrogen and oxygen atoms in total. The van der Waals surface area contributed by atoms with E-state index in [-0.39, 0.29) is 66.1 Å². The van der Waals surface area contributed by atoms with Crippen LogP contribution in [0.4, 0.5) is 34.9 Å². The second kappa shape index (κ2) is 20.1. The minimum Gasteiger partial charge on any atom is -0.367 e. The van der Waals surface area contributed by atoms with Crippen LogP contribution in [0.25, 0.3) is 5.57 Å². The van der Waals surface area contributed by atoms with Gasteiger partial charge in [-0.25, -0.2) is 14.4 Å². The molecule has 3 atom stereocenters. The van der Waals surface area contributed by atoms with Gasteiger partial charge in [0.1, 0.15) is 11.9 Å². The zero-order chi connectivity index (χ0) is 51.2. The van der Waals surface area contributed by atoms with Gasteiger partial charge in [-0.1, -0.05) is 18.2 Å². The number of rotatable bonds is 11. The lowest BCUT2D eigenvalue weighted by atomic mass is 9.97. The zero-order valence-electron chi connectivity index (χ0n) is 39.9. The molecule has 3 saturated heterocycles. The smallest absolute Gasteiger partial charge is 0.367 e. The lowest BCUT2D eigenvalue weighted by molar-refractivity contribution is -0.138. The van der Waals surface area contributed by atoms with Crippen LogP contribution < -0.4 is 26.0 Å². The van der Waals surface area contributed by atoms with E-state index in [1.807, 2.05) is 36.8 Å². The lowest BCUT2D eigenvalue weighted by Gasteiger charge is -2.44. The zero-order valence-corrected chi connectivity index (χ0v) is 39.9. The number of anilines is 3. The normalized spacial score (nSPS) is 21.2. The van der Waals surface area contributed by atoms with Crippen LogP contribution in [-0.4, -0.2) is 148 Å². The maximum absolute atomic E-state index is 16.2. The maximum Gasteiger partial charge on any atom is 0.417 e. The third-order valence-corrected chi connectivity index (χ3v) is 14.3. The Morgan fingerprint density at radius 3 is 2.26 bits per heavy atom. The number of fused-ring (bicyclic) bond motifs is 1. The largest absolute Gasteiger partial charge is 0.417 e. The fourth-order valence-corrected chi connectivity index (χ4v) is 10.2. The van der Waals surface area contributed by atoms with Crippen molar-refractivity contribution in [2.24, 2.45) is 0 Å². The molecule has 4 aromatic rings. The molecule has 3 fully saturated rings. The summed E-state index contributed by atoms with van der Waals surface area (Å²) in [5, 5.41) is 4.81. The Balaban J connectivity index is 0.805. The number of aromatic amines is 1. The number of hydrogen-bond donors (Lipinski definition) is 3. The van der Waals surface area contributed by atoms with E-state index >= 15 is 4.39 Å². The third kappa shape index (κ3) is 10.1. The van der Waals surface area contributed by atoms with Gasteiger partial charge in [0, 0.05) is 120 Å². The van der Waals surface area contributed by atoms with Gasteiger partial charge in [-0.05, 0) is 69.5 Å². The Kier molecular flexibility index (Phi) is 13.8. The molecule has 1 unspecified atom stereocenters. The fourth-order valence-electron chi connectivity index (χ4n) is 10.2. The number of H-pyrrole nitrogens is 1. The summed E-state index contributed by atoms with van der Waals surface area (Å²) in [6.45, 7) is 8.40. The summed E-state index contributed by atoms with van der Waals surface area (Å²) in [5.74, 6) is -3.64. The highest BCUT2D eigenvalue weighted by Gasteiger charge is 2.45. The Bertz CT molecular complexity index is 2930.